The lowest BCUT2D eigenvalue weighted by Gasteiger charge is -2.47. The molecule has 1 aliphatic carbocycles. The number of hydrogen-bond donors (Lipinski definition) is 0. The highest BCUT2D eigenvalue weighted by Gasteiger charge is 2.61. The van der Waals surface area contributed by atoms with Gasteiger partial charge in [-0.25, -0.2) is 0 Å². The van der Waals surface area contributed by atoms with Crippen LogP contribution >= 0.6 is 0 Å². The first-order chi connectivity index (χ1) is 13.9. The molecule has 3 fully saturated rings. The number of likely N-dealkylation sites (tertiary alicyclic amines) is 1. The molecule has 0 unspecified atom stereocenters. The number of nitrogens with zero attached hydrogens (tertiary/aromatic N) is 2. The van der Waals surface area contributed by atoms with Crippen molar-refractivity contribution in [2.45, 2.75) is 70.1 Å². The predicted molar refractivity (Wildman–Crippen MR) is 112 cm³/mol. The Morgan fingerprint density at radius 2 is 1.67 bits per heavy atom. The van der Waals surface area contributed by atoms with Crippen LogP contribution in [-0.2, 0) is 29.1 Å². The van der Waals surface area contributed by atoms with Gasteiger partial charge in [-0.3, -0.25) is 14.4 Å². The van der Waals surface area contributed by atoms with Crippen LogP contribution in [0.25, 0.3) is 0 Å². The summed E-state index contributed by atoms with van der Waals surface area (Å²) in [6.07, 6.45) is 0.775. The van der Waals surface area contributed by atoms with Crippen molar-refractivity contribution >= 4 is 35.9 Å². The fourth-order valence-electron chi connectivity index (χ4n) is 4.88. The van der Waals surface area contributed by atoms with E-state index in [2.05, 4.69) is 0 Å². The van der Waals surface area contributed by atoms with Gasteiger partial charge in [-0.15, -0.1) is 0 Å². The third-order valence-electron chi connectivity index (χ3n) is 7.61. The summed E-state index contributed by atoms with van der Waals surface area (Å²) in [5.74, 6) is 0.149. The molecule has 1 saturated carbocycles. The van der Waals surface area contributed by atoms with E-state index < -0.39 is 23.7 Å². The minimum Gasteiger partial charge on any atom is -0.399 e. The van der Waals surface area contributed by atoms with Crippen LogP contribution in [0.4, 0.5) is 5.69 Å². The fourth-order valence-corrected chi connectivity index (χ4v) is 4.88. The van der Waals surface area contributed by atoms with Crippen LogP contribution in [0.2, 0.25) is 0 Å². The number of amides is 2. The number of hydrogen-bond acceptors (Lipinski definition) is 5. The Labute approximate surface area is 176 Å². The van der Waals surface area contributed by atoms with E-state index in [9.17, 15) is 14.4 Å². The van der Waals surface area contributed by atoms with Crippen molar-refractivity contribution in [2.24, 2.45) is 0 Å². The molecule has 7 nitrogen and oxygen atoms in total. The largest absolute Gasteiger partial charge is 0.494 e. The van der Waals surface area contributed by atoms with Crippen LogP contribution in [0.1, 0.15) is 53.0 Å². The number of ketones is 1. The highest BCUT2D eigenvalue weighted by molar-refractivity contribution is 6.62. The van der Waals surface area contributed by atoms with Crippen molar-refractivity contribution in [2.75, 3.05) is 18.0 Å². The van der Waals surface area contributed by atoms with Gasteiger partial charge in [0.25, 0.3) is 0 Å². The Morgan fingerprint density at radius 3 is 2.20 bits per heavy atom. The Kier molecular flexibility index (Phi) is 3.92. The van der Waals surface area contributed by atoms with Gasteiger partial charge in [-0.1, -0.05) is 12.1 Å². The zero-order valence-corrected chi connectivity index (χ0v) is 18.2. The molecule has 3 aliphatic heterocycles. The summed E-state index contributed by atoms with van der Waals surface area (Å²) < 4.78 is 12.4. The zero-order chi connectivity index (χ0) is 21.6. The maximum absolute atomic E-state index is 13.5. The van der Waals surface area contributed by atoms with E-state index in [0.29, 0.717) is 25.9 Å². The number of fused-ring (bicyclic) bond motifs is 2. The van der Waals surface area contributed by atoms with Gasteiger partial charge in [-0.2, -0.15) is 0 Å². The predicted octanol–water partition coefficient (Wildman–Crippen LogP) is 1.16. The smallest absolute Gasteiger partial charge is 0.399 e. The topological polar surface area (TPSA) is 76.2 Å². The van der Waals surface area contributed by atoms with Gasteiger partial charge in [0.2, 0.25) is 11.8 Å². The number of Topliss-reactive ketones (excluding diaryl/α,β-unsaturated/α-hetero) is 1. The molecule has 3 heterocycles. The summed E-state index contributed by atoms with van der Waals surface area (Å²) in [6, 6.07) is 5.81. The van der Waals surface area contributed by atoms with Gasteiger partial charge >= 0.3 is 7.12 Å². The molecule has 158 valence electrons. The Hall–Kier alpha value is -2.19. The van der Waals surface area contributed by atoms with E-state index in [1.807, 2.05) is 45.9 Å². The van der Waals surface area contributed by atoms with Crippen molar-refractivity contribution in [3.05, 3.63) is 23.8 Å². The molecular formula is C22H27BN2O5. The SMILES string of the molecule is CC(=O)N1CC2(C1)C(=O)N(C1CC(=O)C1)c1cc(B3OC(C)(C)C(C)(C)O3)ccc12. The quantitative estimate of drug-likeness (QED) is 0.685. The van der Waals surface area contributed by atoms with Crippen molar-refractivity contribution in [1.29, 1.82) is 0 Å². The van der Waals surface area contributed by atoms with E-state index in [1.54, 1.807) is 9.80 Å². The summed E-state index contributed by atoms with van der Waals surface area (Å²) in [4.78, 5) is 40.5. The van der Waals surface area contributed by atoms with Crippen LogP contribution in [0, 0.1) is 0 Å². The second-order valence-electron chi connectivity index (χ2n) is 10.1. The number of carbonyl (C=O) groups excluding carboxylic acids is 3. The molecule has 2 amide bonds. The zero-order valence-electron chi connectivity index (χ0n) is 18.2. The van der Waals surface area contributed by atoms with Gasteiger partial charge in [0.05, 0.1) is 17.2 Å². The summed E-state index contributed by atoms with van der Waals surface area (Å²) >= 11 is 0. The number of carbonyl (C=O) groups is 3. The average molecular weight is 410 g/mol. The van der Waals surface area contributed by atoms with Gasteiger partial charge in [-0.05, 0) is 44.8 Å². The average Bonchev–Trinajstić information content (AvgIpc) is 2.96. The monoisotopic (exact) mass is 410 g/mol. The van der Waals surface area contributed by atoms with Gasteiger partial charge in [0.1, 0.15) is 11.2 Å². The summed E-state index contributed by atoms with van der Waals surface area (Å²) in [5.41, 5.74) is 1.01. The molecule has 30 heavy (non-hydrogen) atoms. The Bertz CT molecular complexity index is 958. The molecule has 1 aromatic carbocycles. The third-order valence-corrected chi connectivity index (χ3v) is 7.61. The molecule has 0 bridgehead atoms. The van der Waals surface area contributed by atoms with Gasteiger partial charge in [0, 0.05) is 38.5 Å². The molecule has 0 aromatic heterocycles. The van der Waals surface area contributed by atoms with Crippen LogP contribution < -0.4 is 10.4 Å². The van der Waals surface area contributed by atoms with Crippen molar-refractivity contribution in [3.8, 4) is 0 Å². The lowest BCUT2D eigenvalue weighted by Crippen LogP contribution is -2.66. The number of rotatable bonds is 2. The molecule has 1 spiro atoms. The highest BCUT2D eigenvalue weighted by atomic mass is 16.7. The molecule has 1 aromatic rings. The molecule has 5 rings (SSSR count). The molecule has 8 heteroatoms. The van der Waals surface area contributed by atoms with Crippen LogP contribution in [0.15, 0.2) is 18.2 Å². The van der Waals surface area contributed by atoms with E-state index in [0.717, 1.165) is 16.7 Å². The molecular weight excluding hydrogens is 383 g/mol. The van der Waals surface area contributed by atoms with Gasteiger partial charge < -0.3 is 19.1 Å². The molecule has 2 saturated heterocycles. The van der Waals surface area contributed by atoms with E-state index >= 15 is 0 Å². The third kappa shape index (κ3) is 2.50. The first-order valence-corrected chi connectivity index (χ1v) is 10.6. The summed E-state index contributed by atoms with van der Waals surface area (Å²) in [6.45, 7) is 10.3. The first-order valence-electron chi connectivity index (χ1n) is 10.6. The maximum Gasteiger partial charge on any atom is 0.494 e. The maximum atomic E-state index is 13.5. The standard InChI is InChI=1S/C22H27BN2O5/c1-13(26)24-11-22(12-24)17-7-6-14(23-29-20(2,3)21(4,5)30-23)8-18(17)25(19(22)28)15-9-16(27)10-15/h6-8,15H,9-12H2,1-5H3. The van der Waals surface area contributed by atoms with Crippen LogP contribution in [-0.4, -0.2) is 59.9 Å². The van der Waals surface area contributed by atoms with Crippen LogP contribution in [0.3, 0.4) is 0 Å². The lowest BCUT2D eigenvalue weighted by molar-refractivity contribution is -0.142. The Balaban J connectivity index is 1.53. The van der Waals surface area contributed by atoms with Crippen molar-refractivity contribution < 1.29 is 23.7 Å². The summed E-state index contributed by atoms with van der Waals surface area (Å²) in [7, 11) is -0.521. The minimum absolute atomic E-state index is 0.00133. The molecule has 0 N–H and O–H groups in total. The molecule has 0 atom stereocenters. The molecule has 4 aliphatic rings. The molecule has 0 radical (unpaired) electrons. The second-order valence-corrected chi connectivity index (χ2v) is 10.1. The fraction of sp³-hybridized carbons (Fsp3) is 0.591. The second kappa shape index (κ2) is 5.95. The number of benzene rings is 1. The minimum atomic E-state index is -0.700. The van der Waals surface area contributed by atoms with Crippen molar-refractivity contribution in [3.63, 3.8) is 0 Å². The Morgan fingerprint density at radius 1 is 1.07 bits per heavy atom. The van der Waals surface area contributed by atoms with E-state index in [4.69, 9.17) is 9.31 Å². The first kappa shape index (κ1) is 19.8. The van der Waals surface area contributed by atoms with Crippen LogP contribution in [0.5, 0.6) is 0 Å². The normalized spacial score (nSPS) is 26.1. The van der Waals surface area contributed by atoms with E-state index in [1.165, 1.54) is 6.92 Å². The van der Waals surface area contributed by atoms with Gasteiger partial charge in [0.15, 0.2) is 0 Å². The summed E-state index contributed by atoms with van der Waals surface area (Å²) in [5, 5.41) is 0. The van der Waals surface area contributed by atoms with Crippen molar-refractivity contribution in [1.82, 2.24) is 4.90 Å². The lowest BCUT2D eigenvalue weighted by atomic mass is 9.72. The highest BCUT2D eigenvalue weighted by Crippen LogP contribution is 2.49. The van der Waals surface area contributed by atoms with E-state index in [-0.39, 0.29) is 23.6 Å². The number of anilines is 1.